The standard InChI is InChI=1S/C8H14O3/c1-2-7-6-10-4-3-5-11-8(7)9/h7H,2-6H2,1H3. The van der Waals surface area contributed by atoms with Gasteiger partial charge in [-0.05, 0) is 6.42 Å². The lowest BCUT2D eigenvalue weighted by atomic mass is 10.1. The van der Waals surface area contributed by atoms with E-state index in [0.717, 1.165) is 12.8 Å². The van der Waals surface area contributed by atoms with Crippen LogP contribution in [-0.4, -0.2) is 25.8 Å². The highest BCUT2D eigenvalue weighted by Crippen LogP contribution is 2.08. The number of cyclic esters (lactones) is 1. The number of hydrogen-bond acceptors (Lipinski definition) is 3. The average molecular weight is 158 g/mol. The zero-order valence-corrected chi connectivity index (χ0v) is 6.84. The SMILES string of the molecule is CCC1COCCCOC1=O. The van der Waals surface area contributed by atoms with Crippen LogP contribution in [0.5, 0.6) is 0 Å². The molecule has 1 rings (SSSR count). The second-order valence-corrected chi connectivity index (χ2v) is 2.70. The Kier molecular flexibility index (Phi) is 3.36. The van der Waals surface area contributed by atoms with E-state index in [2.05, 4.69) is 0 Å². The number of carbonyl (C=O) groups excluding carboxylic acids is 1. The summed E-state index contributed by atoms with van der Waals surface area (Å²) in [6.45, 7) is 3.71. The van der Waals surface area contributed by atoms with E-state index >= 15 is 0 Å². The van der Waals surface area contributed by atoms with Gasteiger partial charge in [0.2, 0.25) is 0 Å². The lowest BCUT2D eigenvalue weighted by Gasteiger charge is -2.17. The van der Waals surface area contributed by atoms with Gasteiger partial charge in [-0.3, -0.25) is 4.79 Å². The predicted molar refractivity (Wildman–Crippen MR) is 40.2 cm³/mol. The highest BCUT2D eigenvalue weighted by Gasteiger charge is 2.19. The van der Waals surface area contributed by atoms with E-state index in [9.17, 15) is 4.79 Å². The topological polar surface area (TPSA) is 35.5 Å². The summed E-state index contributed by atoms with van der Waals surface area (Å²) in [5.41, 5.74) is 0. The minimum Gasteiger partial charge on any atom is -0.465 e. The van der Waals surface area contributed by atoms with E-state index < -0.39 is 0 Å². The van der Waals surface area contributed by atoms with Crippen LogP contribution in [0, 0.1) is 5.92 Å². The fourth-order valence-corrected chi connectivity index (χ4v) is 1.03. The van der Waals surface area contributed by atoms with Crippen LogP contribution >= 0.6 is 0 Å². The lowest BCUT2D eigenvalue weighted by Crippen LogP contribution is -2.25. The molecule has 0 amide bonds. The average Bonchev–Trinajstić information content (AvgIpc) is 1.98. The van der Waals surface area contributed by atoms with Crippen molar-refractivity contribution >= 4 is 5.97 Å². The van der Waals surface area contributed by atoms with Crippen molar-refractivity contribution in [2.24, 2.45) is 5.92 Å². The van der Waals surface area contributed by atoms with Gasteiger partial charge in [0, 0.05) is 13.0 Å². The second kappa shape index (κ2) is 4.34. The van der Waals surface area contributed by atoms with Gasteiger partial charge in [-0.2, -0.15) is 0 Å². The maximum Gasteiger partial charge on any atom is 0.311 e. The van der Waals surface area contributed by atoms with Crippen LogP contribution in [0.2, 0.25) is 0 Å². The van der Waals surface area contributed by atoms with Crippen LogP contribution in [0.4, 0.5) is 0 Å². The van der Waals surface area contributed by atoms with E-state index in [4.69, 9.17) is 9.47 Å². The van der Waals surface area contributed by atoms with Crippen molar-refractivity contribution in [2.45, 2.75) is 19.8 Å². The molecule has 0 N–H and O–H groups in total. The number of hydrogen-bond donors (Lipinski definition) is 0. The molecular formula is C8H14O3. The zero-order chi connectivity index (χ0) is 8.10. The van der Waals surface area contributed by atoms with E-state index in [0.29, 0.717) is 19.8 Å². The summed E-state index contributed by atoms with van der Waals surface area (Å²) >= 11 is 0. The van der Waals surface area contributed by atoms with Gasteiger partial charge in [0.05, 0.1) is 19.1 Å². The maximum atomic E-state index is 11.1. The summed E-state index contributed by atoms with van der Waals surface area (Å²) in [4.78, 5) is 11.1. The van der Waals surface area contributed by atoms with Crippen LogP contribution in [0.1, 0.15) is 19.8 Å². The Balaban J connectivity index is 2.39. The first-order chi connectivity index (χ1) is 5.34. The third-order valence-electron chi connectivity index (χ3n) is 1.82. The molecule has 1 atom stereocenters. The van der Waals surface area contributed by atoms with Gasteiger partial charge in [-0.15, -0.1) is 0 Å². The summed E-state index contributed by atoms with van der Waals surface area (Å²) in [7, 11) is 0. The molecule has 1 saturated heterocycles. The maximum absolute atomic E-state index is 11.1. The van der Waals surface area contributed by atoms with E-state index in [1.54, 1.807) is 0 Å². The molecule has 0 bridgehead atoms. The number of carbonyl (C=O) groups is 1. The summed E-state index contributed by atoms with van der Waals surface area (Å²) in [5, 5.41) is 0. The Morgan fingerprint density at radius 3 is 3.09 bits per heavy atom. The van der Waals surface area contributed by atoms with Gasteiger partial charge in [-0.1, -0.05) is 6.92 Å². The molecule has 0 saturated carbocycles. The first kappa shape index (κ1) is 8.53. The van der Waals surface area contributed by atoms with Crippen LogP contribution in [0.25, 0.3) is 0 Å². The van der Waals surface area contributed by atoms with Crippen LogP contribution < -0.4 is 0 Å². The van der Waals surface area contributed by atoms with Crippen molar-refractivity contribution in [1.82, 2.24) is 0 Å². The Bertz CT molecular complexity index is 133. The minimum atomic E-state index is -0.104. The highest BCUT2D eigenvalue weighted by atomic mass is 16.5. The first-order valence-corrected chi connectivity index (χ1v) is 4.09. The molecule has 0 aromatic rings. The molecule has 0 spiro atoms. The number of rotatable bonds is 1. The van der Waals surface area contributed by atoms with Gasteiger partial charge < -0.3 is 9.47 Å². The lowest BCUT2D eigenvalue weighted by molar-refractivity contribution is -0.153. The summed E-state index contributed by atoms with van der Waals surface area (Å²) in [5.74, 6) is -0.150. The Hall–Kier alpha value is -0.570. The Labute approximate surface area is 66.7 Å². The molecule has 0 aliphatic carbocycles. The highest BCUT2D eigenvalue weighted by molar-refractivity contribution is 5.72. The predicted octanol–water partition coefficient (Wildman–Crippen LogP) is 0.976. The number of esters is 1. The van der Waals surface area contributed by atoms with E-state index in [1.165, 1.54) is 0 Å². The van der Waals surface area contributed by atoms with Crippen molar-refractivity contribution in [3.8, 4) is 0 Å². The second-order valence-electron chi connectivity index (χ2n) is 2.70. The van der Waals surface area contributed by atoms with Crippen LogP contribution in [-0.2, 0) is 14.3 Å². The van der Waals surface area contributed by atoms with Crippen molar-refractivity contribution in [2.75, 3.05) is 19.8 Å². The fourth-order valence-electron chi connectivity index (χ4n) is 1.03. The van der Waals surface area contributed by atoms with Gasteiger partial charge in [0.15, 0.2) is 0 Å². The summed E-state index contributed by atoms with van der Waals surface area (Å²) in [6.07, 6.45) is 1.63. The molecular weight excluding hydrogens is 144 g/mol. The Morgan fingerprint density at radius 1 is 1.55 bits per heavy atom. The number of ether oxygens (including phenoxy) is 2. The summed E-state index contributed by atoms with van der Waals surface area (Å²) < 4.78 is 10.2. The summed E-state index contributed by atoms with van der Waals surface area (Å²) in [6, 6.07) is 0. The molecule has 1 aliphatic heterocycles. The van der Waals surface area contributed by atoms with Crippen LogP contribution in [0.15, 0.2) is 0 Å². The van der Waals surface area contributed by atoms with Crippen LogP contribution in [0.3, 0.4) is 0 Å². The molecule has 0 radical (unpaired) electrons. The molecule has 1 aliphatic rings. The van der Waals surface area contributed by atoms with E-state index in [-0.39, 0.29) is 11.9 Å². The molecule has 64 valence electrons. The van der Waals surface area contributed by atoms with Gasteiger partial charge in [-0.25, -0.2) is 0 Å². The Morgan fingerprint density at radius 2 is 2.36 bits per heavy atom. The largest absolute Gasteiger partial charge is 0.465 e. The normalized spacial score (nSPS) is 27.0. The molecule has 0 aromatic carbocycles. The molecule has 11 heavy (non-hydrogen) atoms. The fraction of sp³-hybridized carbons (Fsp3) is 0.875. The van der Waals surface area contributed by atoms with Crippen molar-refractivity contribution in [1.29, 1.82) is 0 Å². The smallest absolute Gasteiger partial charge is 0.311 e. The minimum absolute atomic E-state index is 0.0460. The first-order valence-electron chi connectivity index (χ1n) is 4.09. The van der Waals surface area contributed by atoms with Crippen molar-refractivity contribution in [3.63, 3.8) is 0 Å². The van der Waals surface area contributed by atoms with Gasteiger partial charge in [0.1, 0.15) is 0 Å². The molecule has 1 unspecified atom stereocenters. The molecule has 3 heteroatoms. The monoisotopic (exact) mass is 158 g/mol. The van der Waals surface area contributed by atoms with E-state index in [1.807, 2.05) is 6.92 Å². The zero-order valence-electron chi connectivity index (χ0n) is 6.84. The van der Waals surface area contributed by atoms with Gasteiger partial charge >= 0.3 is 5.97 Å². The third kappa shape index (κ3) is 2.50. The third-order valence-corrected chi connectivity index (χ3v) is 1.82. The molecule has 1 fully saturated rings. The van der Waals surface area contributed by atoms with Gasteiger partial charge in [0.25, 0.3) is 0 Å². The van der Waals surface area contributed by atoms with Crippen molar-refractivity contribution in [3.05, 3.63) is 0 Å². The molecule has 1 heterocycles. The van der Waals surface area contributed by atoms with Crippen molar-refractivity contribution < 1.29 is 14.3 Å². The molecule has 3 nitrogen and oxygen atoms in total. The molecule has 0 aromatic heterocycles. The quantitative estimate of drug-likeness (QED) is 0.533.